The molecule has 1 amide bonds. The number of hydrogen-bond acceptors (Lipinski definition) is 4. The van der Waals surface area contributed by atoms with Crippen LogP contribution in [-0.2, 0) is 18.0 Å². The average molecular weight is 363 g/mol. The number of amides is 1. The topological polar surface area (TPSA) is 56.6 Å². The standard InChI is InChI=1S/C16H24F3N3O3/c1-4-5-10-25-15(23)22-8-6-11(7-9-22)12-13(16(17,18)19)21(2)20-14(12)24-3/h11H,4-10H2,1-3H3. The first kappa shape index (κ1) is 19.4. The first-order valence-corrected chi connectivity index (χ1v) is 8.39. The van der Waals surface area contributed by atoms with E-state index in [1.54, 1.807) is 4.90 Å². The molecule has 0 bridgehead atoms. The van der Waals surface area contributed by atoms with E-state index < -0.39 is 18.0 Å². The molecule has 0 radical (unpaired) electrons. The number of carbonyl (C=O) groups is 1. The van der Waals surface area contributed by atoms with E-state index in [1.165, 1.54) is 14.2 Å². The van der Waals surface area contributed by atoms with Gasteiger partial charge in [-0.15, -0.1) is 5.10 Å². The molecule has 9 heteroatoms. The van der Waals surface area contributed by atoms with Crippen molar-refractivity contribution < 1.29 is 27.4 Å². The summed E-state index contributed by atoms with van der Waals surface area (Å²) in [6, 6.07) is 0. The largest absolute Gasteiger partial charge is 0.480 e. The SMILES string of the molecule is CCCCOC(=O)N1CCC(c2c(OC)nn(C)c2C(F)(F)F)CC1. The number of ether oxygens (including phenoxy) is 2. The zero-order valence-electron chi connectivity index (χ0n) is 14.7. The highest BCUT2D eigenvalue weighted by molar-refractivity contribution is 5.67. The molecule has 0 atom stereocenters. The Morgan fingerprint density at radius 2 is 1.96 bits per heavy atom. The van der Waals surface area contributed by atoms with Crippen molar-refractivity contribution in [2.45, 2.75) is 44.7 Å². The lowest BCUT2D eigenvalue weighted by atomic mass is 9.89. The second-order valence-electron chi connectivity index (χ2n) is 6.12. The first-order valence-electron chi connectivity index (χ1n) is 8.39. The molecule has 2 rings (SSSR count). The summed E-state index contributed by atoms with van der Waals surface area (Å²) in [6.07, 6.45) is -2.37. The number of methoxy groups -OCH3 is 1. The number of piperidine rings is 1. The molecule has 142 valence electrons. The predicted molar refractivity (Wildman–Crippen MR) is 84.6 cm³/mol. The van der Waals surface area contributed by atoms with Crippen LogP contribution in [0, 0.1) is 0 Å². The molecule has 0 spiro atoms. The number of halogens is 3. The van der Waals surface area contributed by atoms with Crippen LogP contribution in [0.25, 0.3) is 0 Å². The van der Waals surface area contributed by atoms with E-state index in [1.807, 2.05) is 6.92 Å². The molecule has 25 heavy (non-hydrogen) atoms. The molecule has 0 N–H and O–H groups in total. The van der Waals surface area contributed by atoms with Gasteiger partial charge in [-0.05, 0) is 25.2 Å². The molecular formula is C16H24F3N3O3. The van der Waals surface area contributed by atoms with Crippen LogP contribution in [-0.4, -0.2) is 47.6 Å². The monoisotopic (exact) mass is 363 g/mol. The van der Waals surface area contributed by atoms with Gasteiger partial charge in [-0.3, -0.25) is 4.68 Å². The van der Waals surface area contributed by atoms with E-state index in [-0.39, 0.29) is 17.4 Å². The Kier molecular flexibility index (Phi) is 6.18. The van der Waals surface area contributed by atoms with Crippen LogP contribution >= 0.6 is 0 Å². The van der Waals surface area contributed by atoms with Gasteiger partial charge < -0.3 is 14.4 Å². The van der Waals surface area contributed by atoms with Crippen LogP contribution in [0.2, 0.25) is 0 Å². The van der Waals surface area contributed by atoms with Crippen molar-refractivity contribution in [3.63, 3.8) is 0 Å². The van der Waals surface area contributed by atoms with Crippen molar-refractivity contribution in [1.82, 2.24) is 14.7 Å². The molecule has 6 nitrogen and oxygen atoms in total. The fraction of sp³-hybridized carbons (Fsp3) is 0.750. The number of aryl methyl sites for hydroxylation is 1. The van der Waals surface area contributed by atoms with Crippen LogP contribution in [0.4, 0.5) is 18.0 Å². The van der Waals surface area contributed by atoms with Gasteiger partial charge in [0, 0.05) is 25.7 Å². The van der Waals surface area contributed by atoms with E-state index >= 15 is 0 Å². The molecule has 0 saturated carbocycles. The maximum Gasteiger partial charge on any atom is 0.433 e. The molecule has 1 aliphatic rings. The molecular weight excluding hydrogens is 339 g/mol. The number of carbonyl (C=O) groups excluding carboxylic acids is 1. The van der Waals surface area contributed by atoms with E-state index in [2.05, 4.69) is 5.10 Å². The molecule has 2 heterocycles. The summed E-state index contributed by atoms with van der Waals surface area (Å²) in [6.45, 7) is 3.07. The summed E-state index contributed by atoms with van der Waals surface area (Å²) in [5.74, 6) is -0.362. The summed E-state index contributed by atoms with van der Waals surface area (Å²) in [4.78, 5) is 13.5. The number of nitrogens with zero attached hydrogens (tertiary/aromatic N) is 3. The van der Waals surface area contributed by atoms with Crippen molar-refractivity contribution in [2.75, 3.05) is 26.8 Å². The summed E-state index contributed by atoms with van der Waals surface area (Å²) in [5.41, 5.74) is -0.704. The van der Waals surface area contributed by atoms with E-state index in [0.717, 1.165) is 17.5 Å². The third kappa shape index (κ3) is 4.38. The highest BCUT2D eigenvalue weighted by Crippen LogP contribution is 2.42. The number of alkyl halides is 3. The normalized spacial score (nSPS) is 16.2. The molecule has 1 fully saturated rings. The Morgan fingerprint density at radius 3 is 2.48 bits per heavy atom. The van der Waals surface area contributed by atoms with Crippen LogP contribution < -0.4 is 4.74 Å². The van der Waals surface area contributed by atoms with Gasteiger partial charge in [0.2, 0.25) is 5.88 Å². The molecule has 1 aromatic rings. The quantitative estimate of drug-likeness (QED) is 0.751. The number of aromatic nitrogens is 2. The maximum absolute atomic E-state index is 13.4. The smallest absolute Gasteiger partial charge is 0.433 e. The van der Waals surface area contributed by atoms with E-state index in [9.17, 15) is 18.0 Å². The highest BCUT2D eigenvalue weighted by Gasteiger charge is 2.42. The Hall–Kier alpha value is -1.93. The fourth-order valence-corrected chi connectivity index (χ4v) is 3.12. The first-order chi connectivity index (χ1) is 11.8. The molecule has 1 aromatic heterocycles. The van der Waals surface area contributed by atoms with Crippen LogP contribution in [0.3, 0.4) is 0 Å². The van der Waals surface area contributed by atoms with E-state index in [4.69, 9.17) is 9.47 Å². The van der Waals surface area contributed by atoms with Gasteiger partial charge in [0.05, 0.1) is 13.7 Å². The summed E-state index contributed by atoms with van der Waals surface area (Å²) >= 11 is 0. The third-order valence-electron chi connectivity index (χ3n) is 4.40. The van der Waals surface area contributed by atoms with Crippen LogP contribution in [0.5, 0.6) is 5.88 Å². The second kappa shape index (κ2) is 7.97. The van der Waals surface area contributed by atoms with Gasteiger partial charge in [-0.25, -0.2) is 4.79 Å². The Morgan fingerprint density at radius 1 is 1.32 bits per heavy atom. The minimum Gasteiger partial charge on any atom is -0.480 e. The lowest BCUT2D eigenvalue weighted by Gasteiger charge is -2.31. The van der Waals surface area contributed by atoms with Gasteiger partial charge in [-0.2, -0.15) is 13.2 Å². The lowest BCUT2D eigenvalue weighted by Crippen LogP contribution is -2.38. The molecule has 1 saturated heterocycles. The molecule has 0 unspecified atom stereocenters. The van der Waals surface area contributed by atoms with Crippen molar-refractivity contribution in [2.24, 2.45) is 7.05 Å². The van der Waals surface area contributed by atoms with Crippen molar-refractivity contribution in [3.05, 3.63) is 11.3 Å². The number of rotatable bonds is 5. The Labute approximate surface area is 144 Å². The van der Waals surface area contributed by atoms with Crippen molar-refractivity contribution in [1.29, 1.82) is 0 Å². The van der Waals surface area contributed by atoms with Crippen molar-refractivity contribution in [3.8, 4) is 5.88 Å². The second-order valence-corrected chi connectivity index (χ2v) is 6.12. The predicted octanol–water partition coefficient (Wildman–Crippen LogP) is 3.56. The average Bonchev–Trinajstić information content (AvgIpc) is 2.91. The summed E-state index contributed by atoms with van der Waals surface area (Å²) in [7, 11) is 2.57. The summed E-state index contributed by atoms with van der Waals surface area (Å²) in [5, 5.41) is 3.84. The zero-order chi connectivity index (χ0) is 18.6. The maximum atomic E-state index is 13.4. The molecule has 1 aliphatic heterocycles. The Balaban J connectivity index is 2.09. The fourth-order valence-electron chi connectivity index (χ4n) is 3.12. The van der Waals surface area contributed by atoms with Crippen LogP contribution in [0.15, 0.2) is 0 Å². The summed E-state index contributed by atoms with van der Waals surface area (Å²) < 4.78 is 51.2. The molecule has 0 aliphatic carbocycles. The minimum absolute atomic E-state index is 0.00111. The number of unbranched alkanes of at least 4 members (excludes halogenated alkanes) is 1. The third-order valence-corrected chi connectivity index (χ3v) is 4.40. The van der Waals surface area contributed by atoms with Gasteiger partial charge in [0.1, 0.15) is 5.69 Å². The minimum atomic E-state index is -4.51. The lowest BCUT2D eigenvalue weighted by molar-refractivity contribution is -0.144. The van der Waals surface area contributed by atoms with Gasteiger partial charge in [-0.1, -0.05) is 13.3 Å². The van der Waals surface area contributed by atoms with Crippen molar-refractivity contribution >= 4 is 6.09 Å². The van der Waals surface area contributed by atoms with Crippen LogP contribution in [0.1, 0.15) is 49.8 Å². The number of hydrogen-bond donors (Lipinski definition) is 0. The number of likely N-dealkylation sites (tertiary alicyclic amines) is 1. The van der Waals surface area contributed by atoms with E-state index in [0.29, 0.717) is 32.5 Å². The highest BCUT2D eigenvalue weighted by atomic mass is 19.4. The Bertz CT molecular complexity index is 593. The van der Waals surface area contributed by atoms with Gasteiger partial charge in [0.25, 0.3) is 0 Å². The van der Waals surface area contributed by atoms with Gasteiger partial charge >= 0.3 is 12.3 Å². The molecule has 0 aromatic carbocycles. The zero-order valence-corrected chi connectivity index (χ0v) is 14.7. The van der Waals surface area contributed by atoms with Gasteiger partial charge in [0.15, 0.2) is 0 Å².